The summed E-state index contributed by atoms with van der Waals surface area (Å²) in [5, 5.41) is -0.0711. The number of aromatic nitrogens is 2. The van der Waals surface area contributed by atoms with Crippen molar-refractivity contribution in [2.24, 2.45) is 5.73 Å². The first-order valence-corrected chi connectivity index (χ1v) is 9.62. The van der Waals surface area contributed by atoms with Crippen LogP contribution in [-0.4, -0.2) is 15.0 Å². The Hall–Kier alpha value is -2.06. The van der Waals surface area contributed by atoms with Gasteiger partial charge in [-0.1, -0.05) is 0 Å². The van der Waals surface area contributed by atoms with Crippen LogP contribution >= 0.6 is 11.5 Å². The fraction of sp³-hybridized carbons (Fsp3) is 0.444. The van der Waals surface area contributed by atoms with Crippen LogP contribution in [0.3, 0.4) is 0 Å². The van der Waals surface area contributed by atoms with E-state index in [0.717, 1.165) is 36.9 Å². The Balaban J connectivity index is 1.92. The highest BCUT2D eigenvalue weighted by Crippen LogP contribution is 2.43. The molecule has 3 aromatic rings. The molecule has 0 spiro atoms. The minimum Gasteiger partial charge on any atom is -0.328 e. The van der Waals surface area contributed by atoms with Gasteiger partial charge in [0.1, 0.15) is 16.0 Å². The summed E-state index contributed by atoms with van der Waals surface area (Å²) in [6.45, 7) is 0. The highest BCUT2D eigenvalue weighted by Gasteiger charge is 2.34. The lowest BCUT2D eigenvalue weighted by Crippen LogP contribution is -2.18. The SMILES string of the molecule is NC1CCC(c2c(F)cc3c(=O)c4c(=O)[nH]sc4n(C4CC4)c3c2F)C1. The van der Waals surface area contributed by atoms with Crippen molar-refractivity contribution in [2.45, 2.75) is 50.1 Å². The molecule has 5 nitrogen and oxygen atoms in total. The average molecular weight is 377 g/mol. The van der Waals surface area contributed by atoms with Crippen LogP contribution in [0, 0.1) is 11.6 Å². The molecule has 0 aliphatic heterocycles. The summed E-state index contributed by atoms with van der Waals surface area (Å²) in [4.78, 5) is 25.3. The first-order chi connectivity index (χ1) is 12.5. The van der Waals surface area contributed by atoms with E-state index in [-0.39, 0.29) is 39.9 Å². The molecule has 0 bridgehead atoms. The van der Waals surface area contributed by atoms with Gasteiger partial charge in [-0.05, 0) is 55.6 Å². The van der Waals surface area contributed by atoms with Crippen molar-refractivity contribution in [1.29, 1.82) is 0 Å². The molecule has 2 aliphatic carbocycles. The van der Waals surface area contributed by atoms with E-state index in [9.17, 15) is 14.0 Å². The normalized spacial score (nSPS) is 23.3. The van der Waals surface area contributed by atoms with Crippen LogP contribution in [0.5, 0.6) is 0 Å². The fourth-order valence-electron chi connectivity index (χ4n) is 4.27. The van der Waals surface area contributed by atoms with Gasteiger partial charge in [0.25, 0.3) is 5.56 Å². The lowest BCUT2D eigenvalue weighted by Gasteiger charge is -2.18. The van der Waals surface area contributed by atoms with Gasteiger partial charge < -0.3 is 10.3 Å². The number of halogens is 2. The number of H-pyrrole nitrogens is 1. The summed E-state index contributed by atoms with van der Waals surface area (Å²) in [5.41, 5.74) is 4.97. The van der Waals surface area contributed by atoms with E-state index >= 15 is 4.39 Å². The quantitative estimate of drug-likeness (QED) is 0.720. The van der Waals surface area contributed by atoms with Gasteiger partial charge in [-0.25, -0.2) is 8.78 Å². The predicted octanol–water partition coefficient (Wildman–Crippen LogP) is 3.11. The predicted molar refractivity (Wildman–Crippen MR) is 97.0 cm³/mol. The third kappa shape index (κ3) is 2.15. The van der Waals surface area contributed by atoms with Crippen molar-refractivity contribution in [3.63, 3.8) is 0 Å². The zero-order chi connectivity index (χ0) is 18.2. The molecular formula is C18H17F2N3O2S. The molecule has 0 saturated heterocycles. The minimum atomic E-state index is -0.723. The molecule has 2 heterocycles. The molecule has 8 heteroatoms. The Bertz CT molecular complexity index is 1180. The molecule has 136 valence electrons. The zero-order valence-electron chi connectivity index (χ0n) is 13.9. The number of fused-ring (bicyclic) bond motifs is 2. The molecule has 26 heavy (non-hydrogen) atoms. The number of hydrogen-bond donors (Lipinski definition) is 2. The van der Waals surface area contributed by atoms with Gasteiger partial charge in [0.05, 0.1) is 10.9 Å². The van der Waals surface area contributed by atoms with E-state index in [1.54, 1.807) is 4.57 Å². The largest absolute Gasteiger partial charge is 0.328 e. The Morgan fingerprint density at radius 3 is 2.62 bits per heavy atom. The van der Waals surface area contributed by atoms with Gasteiger partial charge in [0.2, 0.25) is 5.43 Å². The van der Waals surface area contributed by atoms with Crippen LogP contribution in [-0.2, 0) is 0 Å². The summed E-state index contributed by atoms with van der Waals surface area (Å²) in [5.74, 6) is -1.68. The van der Waals surface area contributed by atoms with Crippen molar-refractivity contribution in [2.75, 3.05) is 0 Å². The van der Waals surface area contributed by atoms with E-state index < -0.39 is 22.6 Å². The van der Waals surface area contributed by atoms with E-state index in [1.165, 1.54) is 0 Å². The molecule has 2 saturated carbocycles. The molecule has 2 aliphatic rings. The molecule has 1 aromatic carbocycles. The Labute approximate surface area is 150 Å². The Kier molecular flexibility index (Phi) is 3.39. The minimum absolute atomic E-state index is 0.0103. The Morgan fingerprint density at radius 1 is 1.19 bits per heavy atom. The highest BCUT2D eigenvalue weighted by molar-refractivity contribution is 7.12. The molecule has 0 amide bonds. The monoisotopic (exact) mass is 377 g/mol. The van der Waals surface area contributed by atoms with Gasteiger partial charge in [-0.3, -0.25) is 14.0 Å². The van der Waals surface area contributed by atoms with Crippen LogP contribution in [0.1, 0.15) is 49.6 Å². The summed E-state index contributed by atoms with van der Waals surface area (Å²) in [7, 11) is 0. The number of rotatable bonds is 2. The molecule has 2 fully saturated rings. The van der Waals surface area contributed by atoms with Gasteiger partial charge >= 0.3 is 0 Å². The maximum absolute atomic E-state index is 15.5. The topological polar surface area (TPSA) is 80.9 Å². The second kappa shape index (κ2) is 5.47. The number of nitrogens with two attached hydrogens (primary N) is 1. The second-order valence-electron chi connectivity index (χ2n) is 7.40. The van der Waals surface area contributed by atoms with E-state index in [2.05, 4.69) is 4.37 Å². The van der Waals surface area contributed by atoms with Crippen molar-refractivity contribution >= 4 is 32.7 Å². The lowest BCUT2D eigenvalue weighted by molar-refractivity contribution is 0.525. The van der Waals surface area contributed by atoms with Crippen LogP contribution in [0.4, 0.5) is 8.78 Å². The van der Waals surface area contributed by atoms with Crippen molar-refractivity contribution in [3.8, 4) is 0 Å². The third-order valence-corrected chi connectivity index (χ3v) is 6.52. The van der Waals surface area contributed by atoms with Gasteiger partial charge in [0, 0.05) is 17.6 Å². The van der Waals surface area contributed by atoms with E-state index in [4.69, 9.17) is 5.73 Å². The highest BCUT2D eigenvalue weighted by atomic mass is 32.1. The summed E-state index contributed by atoms with van der Waals surface area (Å²) >= 11 is 1.03. The smallest absolute Gasteiger partial charge is 0.271 e. The number of hydrogen-bond acceptors (Lipinski definition) is 4. The summed E-state index contributed by atoms with van der Waals surface area (Å²) in [6, 6.07) is 1.08. The van der Waals surface area contributed by atoms with Crippen molar-refractivity contribution < 1.29 is 8.78 Å². The van der Waals surface area contributed by atoms with Crippen LogP contribution in [0.15, 0.2) is 15.7 Å². The maximum Gasteiger partial charge on any atom is 0.271 e. The van der Waals surface area contributed by atoms with E-state index in [0.29, 0.717) is 17.7 Å². The maximum atomic E-state index is 15.5. The Morgan fingerprint density at radius 2 is 1.96 bits per heavy atom. The number of nitrogens with zero attached hydrogens (tertiary/aromatic N) is 1. The summed E-state index contributed by atoms with van der Waals surface area (Å²) in [6.07, 6.45) is 3.59. The second-order valence-corrected chi connectivity index (χ2v) is 8.19. The molecule has 0 radical (unpaired) electrons. The fourth-order valence-corrected chi connectivity index (χ4v) is 5.18. The van der Waals surface area contributed by atoms with Crippen LogP contribution < -0.4 is 16.7 Å². The molecule has 2 atom stereocenters. The lowest BCUT2D eigenvalue weighted by atomic mass is 9.94. The molecular weight excluding hydrogens is 360 g/mol. The van der Waals surface area contributed by atoms with Crippen molar-refractivity contribution in [3.05, 3.63) is 43.8 Å². The summed E-state index contributed by atoms with van der Waals surface area (Å²) < 4.78 is 34.6. The first kappa shape index (κ1) is 16.1. The molecule has 2 unspecified atom stereocenters. The van der Waals surface area contributed by atoms with E-state index in [1.807, 2.05) is 0 Å². The number of benzene rings is 1. The van der Waals surface area contributed by atoms with Gasteiger partial charge in [0.15, 0.2) is 5.82 Å². The van der Waals surface area contributed by atoms with Crippen molar-refractivity contribution in [1.82, 2.24) is 8.94 Å². The first-order valence-electron chi connectivity index (χ1n) is 8.80. The average Bonchev–Trinajstić information content (AvgIpc) is 3.23. The zero-order valence-corrected chi connectivity index (χ0v) is 14.7. The molecule has 2 aromatic heterocycles. The van der Waals surface area contributed by atoms with Crippen LogP contribution in [0.25, 0.3) is 21.1 Å². The number of nitrogens with one attached hydrogen (secondary N) is 1. The number of pyridine rings is 1. The number of aromatic amines is 1. The standard InChI is InChI=1S/C18H17F2N3O2S/c19-11-6-10-15(14(20)12(11)7-1-2-8(21)5-7)23(9-3-4-9)18-13(16(10)24)17(25)22-26-18/h6-9H,1-5,21H2,(H,22,25). The van der Waals surface area contributed by atoms with Gasteiger partial charge in [-0.2, -0.15) is 0 Å². The van der Waals surface area contributed by atoms with Gasteiger partial charge in [-0.15, -0.1) is 0 Å². The molecule has 5 rings (SSSR count). The third-order valence-electron chi connectivity index (χ3n) is 5.63. The molecule has 3 N–H and O–H groups in total. The van der Waals surface area contributed by atoms with Crippen LogP contribution in [0.2, 0.25) is 0 Å².